The van der Waals surface area contributed by atoms with Gasteiger partial charge in [0.05, 0.1) is 30.9 Å². The lowest BCUT2D eigenvalue weighted by atomic mass is 10.1. The molecule has 2 aromatic carbocycles. The van der Waals surface area contributed by atoms with Crippen LogP contribution >= 0.6 is 0 Å². The molecule has 1 amide bonds. The monoisotopic (exact) mass is 418 g/mol. The second kappa shape index (κ2) is 9.39. The fourth-order valence-electron chi connectivity index (χ4n) is 3.22. The molecule has 8 heteroatoms. The van der Waals surface area contributed by atoms with E-state index in [-0.39, 0.29) is 10.8 Å². The van der Waals surface area contributed by atoms with Crippen LogP contribution in [-0.2, 0) is 26.0 Å². The molecule has 1 fully saturated rings. The number of anilines is 1. The zero-order valence-electron chi connectivity index (χ0n) is 16.7. The van der Waals surface area contributed by atoms with Crippen molar-refractivity contribution in [1.82, 2.24) is 4.31 Å². The number of hydrogen-bond acceptors (Lipinski definition) is 5. The van der Waals surface area contributed by atoms with Gasteiger partial charge in [0, 0.05) is 26.6 Å². The van der Waals surface area contributed by atoms with Crippen LogP contribution < -0.4 is 9.64 Å². The highest BCUT2D eigenvalue weighted by Gasteiger charge is 2.26. The van der Waals surface area contributed by atoms with E-state index in [0.29, 0.717) is 50.6 Å². The second-order valence-electron chi connectivity index (χ2n) is 6.79. The molecule has 0 unspecified atom stereocenters. The lowest BCUT2D eigenvalue weighted by Crippen LogP contribution is -2.40. The first-order chi connectivity index (χ1) is 13.9. The van der Waals surface area contributed by atoms with E-state index in [2.05, 4.69) is 0 Å². The third-order valence-corrected chi connectivity index (χ3v) is 6.89. The molecule has 1 aliphatic rings. The number of sulfonamides is 1. The standard InChI is InChI=1S/C21H26N2O5S/c1-22(19-5-3-4-6-20(19)27-2)21(24)12-9-17-7-10-18(11-8-17)29(25,26)23-13-15-28-16-14-23/h3-8,10-11H,9,12-16H2,1-2H3. The molecule has 0 aliphatic carbocycles. The Morgan fingerprint density at radius 3 is 2.41 bits per heavy atom. The third-order valence-electron chi connectivity index (χ3n) is 4.98. The molecule has 0 N–H and O–H groups in total. The van der Waals surface area contributed by atoms with Gasteiger partial charge in [-0.2, -0.15) is 4.31 Å². The number of nitrogens with zero attached hydrogens (tertiary/aromatic N) is 2. The average Bonchev–Trinajstić information content (AvgIpc) is 2.77. The average molecular weight is 419 g/mol. The number of amides is 1. The summed E-state index contributed by atoms with van der Waals surface area (Å²) in [5, 5.41) is 0. The maximum absolute atomic E-state index is 12.7. The van der Waals surface area contributed by atoms with Gasteiger partial charge in [-0.15, -0.1) is 0 Å². The Hall–Kier alpha value is -2.42. The SMILES string of the molecule is COc1ccccc1N(C)C(=O)CCc1ccc(S(=O)(=O)N2CCOCC2)cc1. The van der Waals surface area contributed by atoms with Gasteiger partial charge in [-0.1, -0.05) is 24.3 Å². The van der Waals surface area contributed by atoms with E-state index in [1.54, 1.807) is 43.3 Å². The smallest absolute Gasteiger partial charge is 0.243 e. The highest BCUT2D eigenvalue weighted by Crippen LogP contribution is 2.27. The number of aryl methyl sites for hydroxylation is 1. The van der Waals surface area contributed by atoms with Crippen molar-refractivity contribution in [3.05, 3.63) is 54.1 Å². The number of carbonyl (C=O) groups excluding carboxylic acids is 1. The van der Waals surface area contributed by atoms with Gasteiger partial charge in [0.1, 0.15) is 5.75 Å². The number of ether oxygens (including phenoxy) is 2. The molecule has 0 atom stereocenters. The summed E-state index contributed by atoms with van der Waals surface area (Å²) in [4.78, 5) is 14.4. The Morgan fingerprint density at radius 1 is 1.10 bits per heavy atom. The first-order valence-corrected chi connectivity index (χ1v) is 10.9. The molecular formula is C21H26N2O5S. The van der Waals surface area contributed by atoms with Gasteiger partial charge < -0.3 is 14.4 Å². The molecule has 1 saturated heterocycles. The predicted molar refractivity (Wildman–Crippen MR) is 111 cm³/mol. The number of rotatable bonds is 7. The number of carbonyl (C=O) groups is 1. The molecule has 0 saturated carbocycles. The molecule has 29 heavy (non-hydrogen) atoms. The van der Waals surface area contributed by atoms with Gasteiger partial charge >= 0.3 is 0 Å². The van der Waals surface area contributed by atoms with Crippen LogP contribution in [-0.4, -0.2) is 59.1 Å². The Kier molecular flexibility index (Phi) is 6.89. The van der Waals surface area contributed by atoms with E-state index in [4.69, 9.17) is 9.47 Å². The van der Waals surface area contributed by atoms with E-state index in [9.17, 15) is 13.2 Å². The summed E-state index contributed by atoms with van der Waals surface area (Å²) in [6.45, 7) is 1.57. The maximum atomic E-state index is 12.7. The van der Waals surface area contributed by atoms with Gasteiger partial charge in [-0.05, 0) is 36.2 Å². The molecular weight excluding hydrogens is 392 g/mol. The van der Waals surface area contributed by atoms with E-state index in [1.165, 1.54) is 4.31 Å². The Balaban J connectivity index is 1.62. The topological polar surface area (TPSA) is 76.2 Å². The van der Waals surface area contributed by atoms with Crippen LogP contribution in [0.3, 0.4) is 0 Å². The molecule has 0 aromatic heterocycles. The number of methoxy groups -OCH3 is 1. The summed E-state index contributed by atoms with van der Waals surface area (Å²) < 4.78 is 37.3. The van der Waals surface area contributed by atoms with Gasteiger partial charge in [-0.25, -0.2) is 8.42 Å². The summed E-state index contributed by atoms with van der Waals surface area (Å²) >= 11 is 0. The van der Waals surface area contributed by atoms with E-state index < -0.39 is 10.0 Å². The van der Waals surface area contributed by atoms with Crippen molar-refractivity contribution in [3.8, 4) is 5.75 Å². The van der Waals surface area contributed by atoms with Crippen molar-refractivity contribution in [2.24, 2.45) is 0 Å². The quantitative estimate of drug-likeness (QED) is 0.690. The lowest BCUT2D eigenvalue weighted by molar-refractivity contribution is -0.118. The van der Waals surface area contributed by atoms with Crippen LogP contribution in [0, 0.1) is 0 Å². The summed E-state index contributed by atoms with van der Waals surface area (Å²) in [5.74, 6) is 0.598. The summed E-state index contributed by atoms with van der Waals surface area (Å²) in [5.41, 5.74) is 1.62. The summed E-state index contributed by atoms with van der Waals surface area (Å²) in [6, 6.07) is 14.1. The van der Waals surface area contributed by atoms with Crippen molar-refractivity contribution in [2.45, 2.75) is 17.7 Å². The molecule has 2 aromatic rings. The van der Waals surface area contributed by atoms with Crippen molar-refractivity contribution in [1.29, 1.82) is 0 Å². The fraction of sp³-hybridized carbons (Fsp3) is 0.381. The molecule has 7 nitrogen and oxygen atoms in total. The molecule has 1 heterocycles. The summed E-state index contributed by atoms with van der Waals surface area (Å²) in [6.07, 6.45) is 0.834. The second-order valence-corrected chi connectivity index (χ2v) is 8.72. The predicted octanol–water partition coefficient (Wildman–Crippen LogP) is 2.31. The van der Waals surface area contributed by atoms with Crippen LogP contribution in [0.1, 0.15) is 12.0 Å². The van der Waals surface area contributed by atoms with E-state index in [0.717, 1.165) is 5.56 Å². The minimum atomic E-state index is -3.50. The van der Waals surface area contributed by atoms with Crippen molar-refractivity contribution < 1.29 is 22.7 Å². The Morgan fingerprint density at radius 2 is 1.76 bits per heavy atom. The Bertz CT molecular complexity index is 938. The van der Waals surface area contributed by atoms with Gasteiger partial charge in [-0.3, -0.25) is 4.79 Å². The lowest BCUT2D eigenvalue weighted by Gasteiger charge is -2.26. The minimum absolute atomic E-state index is 0.0421. The normalized spacial score (nSPS) is 15.1. The first-order valence-electron chi connectivity index (χ1n) is 9.50. The van der Waals surface area contributed by atoms with Crippen molar-refractivity contribution >= 4 is 21.6 Å². The number of para-hydroxylation sites is 2. The van der Waals surface area contributed by atoms with Gasteiger partial charge in [0.2, 0.25) is 15.9 Å². The molecule has 156 valence electrons. The fourth-order valence-corrected chi connectivity index (χ4v) is 4.63. The first kappa shape index (κ1) is 21.3. The molecule has 0 spiro atoms. The van der Waals surface area contributed by atoms with Gasteiger partial charge in [0.15, 0.2) is 0 Å². The van der Waals surface area contributed by atoms with Crippen LogP contribution in [0.15, 0.2) is 53.4 Å². The zero-order chi connectivity index (χ0) is 20.9. The number of hydrogen-bond donors (Lipinski definition) is 0. The number of morpholine rings is 1. The third kappa shape index (κ3) is 4.95. The van der Waals surface area contributed by atoms with Gasteiger partial charge in [0.25, 0.3) is 0 Å². The highest BCUT2D eigenvalue weighted by atomic mass is 32.2. The van der Waals surface area contributed by atoms with E-state index >= 15 is 0 Å². The highest BCUT2D eigenvalue weighted by molar-refractivity contribution is 7.89. The largest absolute Gasteiger partial charge is 0.495 e. The van der Waals surface area contributed by atoms with Crippen LogP contribution in [0.25, 0.3) is 0 Å². The molecule has 0 bridgehead atoms. The van der Waals surface area contributed by atoms with Crippen LogP contribution in [0.4, 0.5) is 5.69 Å². The zero-order valence-corrected chi connectivity index (χ0v) is 17.5. The molecule has 3 rings (SSSR count). The molecule has 0 radical (unpaired) electrons. The summed E-state index contributed by atoms with van der Waals surface area (Å²) in [7, 11) is -0.209. The Labute approximate surface area is 171 Å². The maximum Gasteiger partial charge on any atom is 0.243 e. The van der Waals surface area contributed by atoms with Crippen LogP contribution in [0.5, 0.6) is 5.75 Å². The number of benzene rings is 2. The van der Waals surface area contributed by atoms with Crippen molar-refractivity contribution in [3.63, 3.8) is 0 Å². The van der Waals surface area contributed by atoms with E-state index in [1.807, 2.05) is 24.3 Å². The van der Waals surface area contributed by atoms with Crippen LogP contribution in [0.2, 0.25) is 0 Å². The van der Waals surface area contributed by atoms with Crippen molar-refractivity contribution in [2.75, 3.05) is 45.4 Å². The minimum Gasteiger partial charge on any atom is -0.495 e. The molecule has 1 aliphatic heterocycles.